The lowest BCUT2D eigenvalue weighted by molar-refractivity contribution is -0.895. The number of hydrogen-bond acceptors (Lipinski definition) is 3. The standard InChI is InChI=1S/C25H25N3O3/c29-24(18-26-13-15-27(16-14-26)25(30)23-10-5-17-31-23)28-21-8-3-1-6-19(21)11-12-20-7-2-4-9-22(20)28/h1-10,17H,11-16,18H2/p+1. The summed E-state index contributed by atoms with van der Waals surface area (Å²) in [4.78, 5) is 31.0. The van der Waals surface area contributed by atoms with Gasteiger partial charge in [0.05, 0.1) is 43.8 Å². The Kier molecular flexibility index (Phi) is 5.30. The van der Waals surface area contributed by atoms with Gasteiger partial charge in [0.1, 0.15) is 0 Å². The van der Waals surface area contributed by atoms with Crippen LogP contribution < -0.4 is 9.80 Å². The Labute approximate surface area is 181 Å². The molecule has 0 unspecified atom stereocenters. The van der Waals surface area contributed by atoms with Crippen LogP contribution in [-0.4, -0.2) is 49.4 Å². The summed E-state index contributed by atoms with van der Waals surface area (Å²) in [5, 5.41) is 0. The van der Waals surface area contributed by atoms with Gasteiger partial charge in [-0.15, -0.1) is 0 Å². The summed E-state index contributed by atoms with van der Waals surface area (Å²) in [5.74, 6) is 0.394. The number of anilines is 2. The van der Waals surface area contributed by atoms with Gasteiger partial charge in [-0.25, -0.2) is 0 Å². The van der Waals surface area contributed by atoms with Crippen LogP contribution in [0, 0.1) is 0 Å². The minimum atomic E-state index is -0.0780. The fourth-order valence-corrected chi connectivity index (χ4v) is 4.60. The molecule has 2 aliphatic rings. The maximum Gasteiger partial charge on any atom is 0.289 e. The first-order valence-electron chi connectivity index (χ1n) is 10.9. The predicted octanol–water partition coefficient (Wildman–Crippen LogP) is 2.08. The molecule has 3 heterocycles. The summed E-state index contributed by atoms with van der Waals surface area (Å²) in [5.41, 5.74) is 4.39. The number of piperazine rings is 1. The largest absolute Gasteiger partial charge is 0.459 e. The Hall–Kier alpha value is -3.38. The van der Waals surface area contributed by atoms with E-state index in [9.17, 15) is 9.59 Å². The maximum absolute atomic E-state index is 13.6. The molecule has 6 nitrogen and oxygen atoms in total. The SMILES string of the molecule is O=C(c1ccco1)N1CC[NH+](CC(=O)N2c3ccccc3CCc3ccccc32)CC1. The zero-order valence-corrected chi connectivity index (χ0v) is 17.4. The molecule has 0 atom stereocenters. The van der Waals surface area contributed by atoms with Crippen molar-refractivity contribution in [2.24, 2.45) is 0 Å². The van der Waals surface area contributed by atoms with Crippen LogP contribution in [0.3, 0.4) is 0 Å². The van der Waals surface area contributed by atoms with Gasteiger partial charge < -0.3 is 14.2 Å². The van der Waals surface area contributed by atoms with E-state index in [1.54, 1.807) is 12.1 Å². The van der Waals surface area contributed by atoms with Gasteiger partial charge in [-0.05, 0) is 48.2 Å². The van der Waals surface area contributed by atoms with Gasteiger partial charge in [-0.2, -0.15) is 0 Å². The molecule has 31 heavy (non-hydrogen) atoms. The molecular formula is C25H26N3O3+. The summed E-state index contributed by atoms with van der Waals surface area (Å²) in [6.07, 6.45) is 3.37. The fourth-order valence-electron chi connectivity index (χ4n) is 4.60. The van der Waals surface area contributed by atoms with Gasteiger partial charge in [0.25, 0.3) is 11.8 Å². The number of carbonyl (C=O) groups excluding carboxylic acids is 2. The molecule has 1 N–H and O–H groups in total. The Morgan fingerprint density at radius 3 is 2.03 bits per heavy atom. The third kappa shape index (κ3) is 3.86. The van der Waals surface area contributed by atoms with Crippen LogP contribution in [0.4, 0.5) is 11.4 Å². The number of para-hydroxylation sites is 2. The Morgan fingerprint density at radius 2 is 1.45 bits per heavy atom. The second-order valence-electron chi connectivity index (χ2n) is 8.18. The number of hydrogen-bond donors (Lipinski definition) is 1. The van der Waals surface area contributed by atoms with Gasteiger partial charge in [-0.3, -0.25) is 14.5 Å². The molecule has 0 aliphatic carbocycles. The lowest BCUT2D eigenvalue weighted by atomic mass is 10.0. The van der Waals surface area contributed by atoms with Gasteiger partial charge >= 0.3 is 0 Å². The molecular weight excluding hydrogens is 390 g/mol. The molecule has 0 spiro atoms. The minimum absolute atomic E-state index is 0.0780. The van der Waals surface area contributed by atoms with Crippen LogP contribution in [0.25, 0.3) is 0 Å². The Morgan fingerprint density at radius 1 is 0.839 bits per heavy atom. The van der Waals surface area contributed by atoms with E-state index in [0.717, 1.165) is 37.3 Å². The van der Waals surface area contributed by atoms with Gasteiger partial charge in [-0.1, -0.05) is 36.4 Å². The van der Waals surface area contributed by atoms with E-state index < -0.39 is 0 Å². The van der Waals surface area contributed by atoms with Crippen molar-refractivity contribution in [2.75, 3.05) is 37.6 Å². The highest BCUT2D eigenvalue weighted by Gasteiger charge is 2.31. The Balaban J connectivity index is 1.32. The van der Waals surface area contributed by atoms with E-state index in [-0.39, 0.29) is 11.8 Å². The highest BCUT2D eigenvalue weighted by molar-refractivity contribution is 6.02. The van der Waals surface area contributed by atoms with Crippen molar-refractivity contribution in [3.63, 3.8) is 0 Å². The summed E-state index contributed by atoms with van der Waals surface area (Å²) >= 11 is 0. The number of aryl methyl sites for hydroxylation is 2. The van der Waals surface area contributed by atoms with Crippen LogP contribution in [0.1, 0.15) is 21.7 Å². The average Bonchev–Trinajstić information content (AvgIpc) is 3.29. The number of nitrogens with one attached hydrogen (secondary N) is 1. The summed E-state index contributed by atoms with van der Waals surface area (Å²) in [7, 11) is 0. The molecule has 158 valence electrons. The molecule has 2 aliphatic heterocycles. The molecule has 6 heteroatoms. The van der Waals surface area contributed by atoms with Gasteiger partial charge in [0, 0.05) is 0 Å². The van der Waals surface area contributed by atoms with Crippen LogP contribution in [0.5, 0.6) is 0 Å². The number of quaternary nitrogens is 1. The van der Waals surface area contributed by atoms with E-state index in [0.29, 0.717) is 25.4 Å². The Bertz CT molecular complexity index is 1040. The normalized spacial score (nSPS) is 16.4. The number of benzene rings is 2. The third-order valence-electron chi connectivity index (χ3n) is 6.27. The van der Waals surface area contributed by atoms with Crippen LogP contribution in [-0.2, 0) is 17.6 Å². The summed E-state index contributed by atoms with van der Waals surface area (Å²) in [6.45, 7) is 3.14. The molecule has 0 saturated carbocycles. The van der Waals surface area contributed by atoms with Crippen molar-refractivity contribution in [1.82, 2.24) is 4.90 Å². The van der Waals surface area contributed by atoms with E-state index in [1.165, 1.54) is 22.3 Å². The van der Waals surface area contributed by atoms with Crippen LogP contribution in [0.15, 0.2) is 71.3 Å². The summed E-state index contributed by atoms with van der Waals surface area (Å²) in [6, 6.07) is 19.8. The molecule has 3 aromatic rings. The van der Waals surface area contributed by atoms with E-state index >= 15 is 0 Å². The molecule has 1 saturated heterocycles. The zero-order chi connectivity index (χ0) is 21.2. The molecule has 0 bridgehead atoms. The highest BCUT2D eigenvalue weighted by Crippen LogP contribution is 2.35. The molecule has 0 radical (unpaired) electrons. The molecule has 1 aromatic heterocycles. The maximum atomic E-state index is 13.6. The lowest BCUT2D eigenvalue weighted by Crippen LogP contribution is -3.15. The second kappa shape index (κ2) is 8.40. The number of carbonyl (C=O) groups is 2. The number of amides is 2. The van der Waals surface area contributed by atoms with Crippen molar-refractivity contribution < 1.29 is 18.9 Å². The number of furan rings is 1. The first-order chi connectivity index (χ1) is 15.2. The third-order valence-corrected chi connectivity index (χ3v) is 6.27. The first-order valence-corrected chi connectivity index (χ1v) is 10.9. The van der Waals surface area contributed by atoms with Crippen molar-refractivity contribution in [3.05, 3.63) is 83.8 Å². The van der Waals surface area contributed by atoms with E-state index in [4.69, 9.17) is 4.42 Å². The monoisotopic (exact) mass is 416 g/mol. The van der Waals surface area contributed by atoms with Crippen LogP contribution >= 0.6 is 0 Å². The number of fused-ring (bicyclic) bond motifs is 2. The van der Waals surface area contributed by atoms with Crippen molar-refractivity contribution in [1.29, 1.82) is 0 Å². The fraction of sp³-hybridized carbons (Fsp3) is 0.280. The summed E-state index contributed by atoms with van der Waals surface area (Å²) < 4.78 is 5.24. The average molecular weight is 417 g/mol. The smallest absolute Gasteiger partial charge is 0.289 e. The zero-order valence-electron chi connectivity index (χ0n) is 17.4. The second-order valence-corrected chi connectivity index (χ2v) is 8.18. The molecule has 1 fully saturated rings. The molecule has 2 aromatic carbocycles. The van der Waals surface area contributed by atoms with E-state index in [2.05, 4.69) is 12.1 Å². The number of rotatable bonds is 3. The first kappa shape index (κ1) is 19.6. The van der Waals surface area contributed by atoms with Crippen LogP contribution in [0.2, 0.25) is 0 Å². The topological polar surface area (TPSA) is 58.2 Å². The minimum Gasteiger partial charge on any atom is -0.459 e. The predicted molar refractivity (Wildman–Crippen MR) is 118 cm³/mol. The molecule has 5 rings (SSSR count). The van der Waals surface area contributed by atoms with Crippen molar-refractivity contribution >= 4 is 23.2 Å². The molecule has 2 amide bonds. The van der Waals surface area contributed by atoms with Crippen molar-refractivity contribution in [3.8, 4) is 0 Å². The van der Waals surface area contributed by atoms with Crippen molar-refractivity contribution in [2.45, 2.75) is 12.8 Å². The lowest BCUT2D eigenvalue weighted by Gasteiger charge is -2.33. The quantitative estimate of drug-likeness (QED) is 0.711. The van der Waals surface area contributed by atoms with E-state index in [1.807, 2.05) is 46.2 Å². The number of nitrogens with zero attached hydrogens (tertiary/aromatic N) is 2. The highest BCUT2D eigenvalue weighted by atomic mass is 16.3. The van der Waals surface area contributed by atoms with Gasteiger partial charge in [0.2, 0.25) is 0 Å². The van der Waals surface area contributed by atoms with Gasteiger partial charge in [0.15, 0.2) is 12.3 Å².